The summed E-state index contributed by atoms with van der Waals surface area (Å²) in [6.45, 7) is 6.75. The Morgan fingerprint density at radius 2 is 2.08 bits per heavy atom. The molecule has 0 atom stereocenters. The molecule has 1 N–H and O–H groups in total. The van der Waals surface area contributed by atoms with Gasteiger partial charge in [-0.15, -0.1) is 10.2 Å². The van der Waals surface area contributed by atoms with Crippen LogP contribution in [0.25, 0.3) is 11.4 Å². The molecule has 25 heavy (non-hydrogen) atoms. The summed E-state index contributed by atoms with van der Waals surface area (Å²) >= 11 is 1.24. The molecule has 0 aliphatic rings. The smallest absolute Gasteiger partial charge is 0.413 e. The van der Waals surface area contributed by atoms with Gasteiger partial charge in [0.05, 0.1) is 12.4 Å². The van der Waals surface area contributed by atoms with Crippen molar-refractivity contribution in [3.63, 3.8) is 0 Å². The van der Waals surface area contributed by atoms with Crippen LogP contribution in [-0.2, 0) is 16.1 Å². The molecule has 2 rings (SSSR count). The molecule has 1 heterocycles. The molecular formula is C17H22N4O3S. The number of nitrogens with zero attached hydrogens (tertiary/aromatic N) is 3. The van der Waals surface area contributed by atoms with Crippen molar-refractivity contribution in [2.45, 2.75) is 38.9 Å². The topological polar surface area (TPSA) is 86.1 Å². The molecule has 0 radical (unpaired) electrons. The van der Waals surface area contributed by atoms with E-state index in [1.165, 1.54) is 11.8 Å². The number of aryl methyl sites for hydroxylation is 1. The minimum atomic E-state index is -0.733. The molecule has 7 nitrogen and oxygen atoms in total. The zero-order valence-corrected chi connectivity index (χ0v) is 15.4. The average Bonchev–Trinajstić information content (AvgIpc) is 2.96. The van der Waals surface area contributed by atoms with Crippen LogP contribution >= 0.6 is 11.8 Å². The number of imide groups is 1. The summed E-state index contributed by atoms with van der Waals surface area (Å²) in [5, 5.41) is 11.3. The van der Waals surface area contributed by atoms with E-state index in [1.807, 2.05) is 29.7 Å². The molecule has 0 aliphatic heterocycles. The second-order valence-corrected chi connectivity index (χ2v) is 6.33. The van der Waals surface area contributed by atoms with Crippen LogP contribution in [0.1, 0.15) is 25.8 Å². The molecule has 8 heteroatoms. The first kappa shape index (κ1) is 19.0. The van der Waals surface area contributed by atoms with E-state index in [4.69, 9.17) is 0 Å². The molecule has 2 amide bonds. The largest absolute Gasteiger partial charge is 0.450 e. The Labute approximate surface area is 151 Å². The van der Waals surface area contributed by atoms with Gasteiger partial charge in [-0.05, 0) is 26.3 Å². The lowest BCUT2D eigenvalue weighted by atomic mass is 10.1. The van der Waals surface area contributed by atoms with Crippen molar-refractivity contribution < 1.29 is 14.3 Å². The van der Waals surface area contributed by atoms with Crippen LogP contribution in [-0.4, -0.2) is 39.1 Å². The van der Waals surface area contributed by atoms with Gasteiger partial charge in [0.25, 0.3) is 0 Å². The number of hydrogen-bond donors (Lipinski definition) is 1. The van der Waals surface area contributed by atoms with Gasteiger partial charge < -0.3 is 9.30 Å². The number of carbonyl (C=O) groups excluding carboxylic acids is 2. The maximum atomic E-state index is 11.8. The van der Waals surface area contributed by atoms with Crippen LogP contribution in [0.4, 0.5) is 4.79 Å². The van der Waals surface area contributed by atoms with E-state index in [0.717, 1.165) is 29.9 Å². The molecule has 0 saturated heterocycles. The van der Waals surface area contributed by atoms with Crippen molar-refractivity contribution in [1.82, 2.24) is 20.1 Å². The zero-order valence-electron chi connectivity index (χ0n) is 14.6. The molecule has 0 aliphatic carbocycles. The molecule has 0 fully saturated rings. The fraction of sp³-hybridized carbons (Fsp3) is 0.412. The second-order valence-electron chi connectivity index (χ2n) is 5.38. The fourth-order valence-electron chi connectivity index (χ4n) is 2.27. The predicted molar refractivity (Wildman–Crippen MR) is 96.4 cm³/mol. The average molecular weight is 362 g/mol. The number of ether oxygens (including phenoxy) is 1. The predicted octanol–water partition coefficient (Wildman–Crippen LogP) is 3.03. The summed E-state index contributed by atoms with van der Waals surface area (Å²) in [5.41, 5.74) is 2.13. The Hall–Kier alpha value is -2.35. The first-order chi connectivity index (χ1) is 12.0. The molecule has 0 bridgehead atoms. The fourth-order valence-corrected chi connectivity index (χ4v) is 3.03. The number of thioether (sulfide) groups is 1. The maximum absolute atomic E-state index is 11.8. The van der Waals surface area contributed by atoms with Crippen LogP contribution in [0.15, 0.2) is 29.4 Å². The van der Waals surface area contributed by atoms with Crippen molar-refractivity contribution in [1.29, 1.82) is 0 Å². The van der Waals surface area contributed by atoms with E-state index in [0.29, 0.717) is 5.16 Å². The summed E-state index contributed by atoms with van der Waals surface area (Å²) in [6.07, 6.45) is 0.183. The van der Waals surface area contributed by atoms with E-state index in [1.54, 1.807) is 6.92 Å². The van der Waals surface area contributed by atoms with Gasteiger partial charge in [0.2, 0.25) is 5.91 Å². The zero-order chi connectivity index (χ0) is 18.2. The van der Waals surface area contributed by atoms with Crippen LogP contribution < -0.4 is 5.32 Å². The number of hydrogen-bond acceptors (Lipinski definition) is 6. The van der Waals surface area contributed by atoms with Gasteiger partial charge in [-0.3, -0.25) is 10.1 Å². The van der Waals surface area contributed by atoms with E-state index >= 15 is 0 Å². The van der Waals surface area contributed by atoms with Crippen LogP contribution in [0.2, 0.25) is 0 Å². The van der Waals surface area contributed by atoms with Gasteiger partial charge >= 0.3 is 6.09 Å². The summed E-state index contributed by atoms with van der Waals surface area (Å²) in [6, 6.07) is 8.05. The third-order valence-corrected chi connectivity index (χ3v) is 4.26. The highest BCUT2D eigenvalue weighted by molar-refractivity contribution is 7.99. The Morgan fingerprint density at radius 3 is 2.76 bits per heavy atom. The van der Waals surface area contributed by atoms with Gasteiger partial charge in [-0.25, -0.2) is 4.79 Å². The molecule has 0 saturated carbocycles. The standard InChI is InChI=1S/C17H22N4O3S/c1-4-9-21-15(13-8-6-7-12(3)10-13)19-20-16(21)25-11-14(22)18-17(23)24-5-2/h6-8,10H,4-5,9,11H2,1-3H3,(H,18,22,23). The Balaban J connectivity index is 2.11. The highest BCUT2D eigenvalue weighted by Crippen LogP contribution is 2.24. The van der Waals surface area contributed by atoms with Gasteiger partial charge in [0, 0.05) is 12.1 Å². The van der Waals surface area contributed by atoms with E-state index in [-0.39, 0.29) is 12.4 Å². The lowest BCUT2D eigenvalue weighted by Crippen LogP contribution is -2.32. The number of nitrogens with one attached hydrogen (secondary N) is 1. The molecule has 134 valence electrons. The highest BCUT2D eigenvalue weighted by Gasteiger charge is 2.16. The molecule has 0 unspecified atom stereocenters. The SMILES string of the molecule is CCCn1c(SCC(=O)NC(=O)OCC)nnc1-c1cccc(C)c1. The maximum Gasteiger partial charge on any atom is 0.413 e. The minimum Gasteiger partial charge on any atom is -0.450 e. The van der Waals surface area contributed by atoms with Crippen molar-refractivity contribution in [3.8, 4) is 11.4 Å². The number of amides is 2. The normalized spacial score (nSPS) is 10.5. The van der Waals surface area contributed by atoms with E-state index < -0.39 is 12.0 Å². The third kappa shape index (κ3) is 5.32. The van der Waals surface area contributed by atoms with Gasteiger partial charge in [0.15, 0.2) is 11.0 Å². The first-order valence-electron chi connectivity index (χ1n) is 8.14. The molecule has 1 aromatic heterocycles. The van der Waals surface area contributed by atoms with Gasteiger partial charge in [-0.2, -0.15) is 0 Å². The molecule has 1 aromatic carbocycles. The quantitative estimate of drug-likeness (QED) is 0.762. The van der Waals surface area contributed by atoms with Crippen molar-refractivity contribution in [2.24, 2.45) is 0 Å². The minimum absolute atomic E-state index is 0.0640. The van der Waals surface area contributed by atoms with E-state index in [9.17, 15) is 9.59 Å². The van der Waals surface area contributed by atoms with E-state index in [2.05, 4.69) is 33.2 Å². The first-order valence-corrected chi connectivity index (χ1v) is 9.13. The third-order valence-electron chi connectivity index (χ3n) is 3.29. The lowest BCUT2D eigenvalue weighted by Gasteiger charge is -2.09. The highest BCUT2D eigenvalue weighted by atomic mass is 32.2. The molecule has 0 spiro atoms. The van der Waals surface area contributed by atoms with Gasteiger partial charge in [-0.1, -0.05) is 42.4 Å². The number of aromatic nitrogens is 3. The van der Waals surface area contributed by atoms with Crippen LogP contribution in [0.3, 0.4) is 0 Å². The van der Waals surface area contributed by atoms with Crippen molar-refractivity contribution in [3.05, 3.63) is 29.8 Å². The lowest BCUT2D eigenvalue weighted by molar-refractivity contribution is -0.117. The Kier molecular flexibility index (Phi) is 7.00. The van der Waals surface area contributed by atoms with Crippen molar-refractivity contribution in [2.75, 3.05) is 12.4 Å². The summed E-state index contributed by atoms with van der Waals surface area (Å²) in [7, 11) is 0. The number of alkyl carbamates (subject to hydrolysis) is 1. The number of benzene rings is 1. The summed E-state index contributed by atoms with van der Waals surface area (Å²) in [4.78, 5) is 23.1. The molecule has 2 aromatic rings. The van der Waals surface area contributed by atoms with Crippen LogP contribution in [0.5, 0.6) is 0 Å². The Bertz CT molecular complexity index is 745. The van der Waals surface area contributed by atoms with Gasteiger partial charge in [0.1, 0.15) is 0 Å². The van der Waals surface area contributed by atoms with Crippen LogP contribution in [0, 0.1) is 6.92 Å². The monoisotopic (exact) mass is 362 g/mol. The second kappa shape index (κ2) is 9.22. The van der Waals surface area contributed by atoms with Crippen molar-refractivity contribution >= 4 is 23.8 Å². The number of carbonyl (C=O) groups is 2. The summed E-state index contributed by atoms with van der Waals surface area (Å²) < 4.78 is 6.68. The summed E-state index contributed by atoms with van der Waals surface area (Å²) in [5.74, 6) is 0.416. The Morgan fingerprint density at radius 1 is 1.28 bits per heavy atom. The number of rotatable bonds is 7. The molecular weight excluding hydrogens is 340 g/mol.